The van der Waals surface area contributed by atoms with Crippen LogP contribution in [-0.4, -0.2) is 29.8 Å². The van der Waals surface area contributed by atoms with E-state index in [1.165, 1.54) is 0 Å². The molecule has 2 amide bonds. The standard InChI is InChI=1S/C18H22N2O2/c1-2-3-5-12-17(21)20-13-8-9-15(14-20)18(22)19-16-10-6-4-7-11-16/h2-7,10-12,15H,8-9,13-14H2,1H3,(H,19,22)/b3-2+,12-5+. The predicted octanol–water partition coefficient (Wildman–Crippen LogP) is 3.00. The Kier molecular flexibility index (Phi) is 5.95. The van der Waals surface area contributed by atoms with E-state index in [0.717, 1.165) is 18.5 Å². The fourth-order valence-corrected chi connectivity index (χ4v) is 2.51. The van der Waals surface area contributed by atoms with Crippen molar-refractivity contribution in [1.29, 1.82) is 0 Å². The molecule has 0 saturated carbocycles. The first-order valence-electron chi connectivity index (χ1n) is 7.65. The molecular formula is C18H22N2O2. The van der Waals surface area contributed by atoms with Crippen molar-refractivity contribution in [2.75, 3.05) is 18.4 Å². The molecule has 4 heteroatoms. The lowest BCUT2D eigenvalue weighted by Gasteiger charge is -2.31. The van der Waals surface area contributed by atoms with Crippen LogP contribution in [0.5, 0.6) is 0 Å². The molecule has 1 aliphatic heterocycles. The summed E-state index contributed by atoms with van der Waals surface area (Å²) in [5.74, 6) is -0.190. The van der Waals surface area contributed by atoms with Crippen LogP contribution in [0.1, 0.15) is 19.8 Å². The smallest absolute Gasteiger partial charge is 0.246 e. The van der Waals surface area contributed by atoms with E-state index >= 15 is 0 Å². The minimum absolute atomic E-state index is 0.0128. The molecule has 1 aliphatic rings. The van der Waals surface area contributed by atoms with Crippen LogP contribution in [0.2, 0.25) is 0 Å². The molecule has 1 unspecified atom stereocenters. The summed E-state index contributed by atoms with van der Waals surface area (Å²) in [6, 6.07) is 9.41. The second-order valence-electron chi connectivity index (χ2n) is 5.36. The third-order valence-corrected chi connectivity index (χ3v) is 3.69. The maximum atomic E-state index is 12.3. The minimum atomic E-state index is -0.145. The number of piperidine rings is 1. The summed E-state index contributed by atoms with van der Waals surface area (Å²) in [4.78, 5) is 26.1. The topological polar surface area (TPSA) is 49.4 Å². The SMILES string of the molecule is C/C=C/C=C/C(=O)N1CCCC(C(=O)Nc2ccccc2)C1. The van der Waals surface area contributed by atoms with Gasteiger partial charge in [-0.2, -0.15) is 0 Å². The Morgan fingerprint density at radius 2 is 2.00 bits per heavy atom. The molecule has 0 aliphatic carbocycles. The molecule has 2 rings (SSSR count). The van der Waals surface area contributed by atoms with Crippen LogP contribution in [0.25, 0.3) is 0 Å². The highest BCUT2D eigenvalue weighted by atomic mass is 16.2. The molecule has 1 aromatic carbocycles. The number of benzene rings is 1. The molecule has 1 heterocycles. The number of hydrogen-bond acceptors (Lipinski definition) is 2. The van der Waals surface area contributed by atoms with Gasteiger partial charge in [-0.05, 0) is 31.9 Å². The zero-order valence-corrected chi connectivity index (χ0v) is 12.9. The van der Waals surface area contributed by atoms with Crippen molar-refractivity contribution in [3.8, 4) is 0 Å². The molecular weight excluding hydrogens is 276 g/mol. The Labute approximate surface area is 131 Å². The van der Waals surface area contributed by atoms with E-state index in [0.29, 0.717) is 13.1 Å². The minimum Gasteiger partial charge on any atom is -0.338 e. The lowest BCUT2D eigenvalue weighted by molar-refractivity contribution is -0.130. The lowest BCUT2D eigenvalue weighted by Crippen LogP contribution is -2.43. The van der Waals surface area contributed by atoms with Crippen molar-refractivity contribution in [1.82, 2.24) is 4.90 Å². The molecule has 0 aromatic heterocycles. The van der Waals surface area contributed by atoms with Crippen LogP contribution in [0.15, 0.2) is 54.6 Å². The summed E-state index contributed by atoms with van der Waals surface area (Å²) in [6.07, 6.45) is 8.65. The first kappa shape index (κ1) is 16.0. The summed E-state index contributed by atoms with van der Waals surface area (Å²) in [7, 11) is 0. The number of allylic oxidation sites excluding steroid dienone is 3. The quantitative estimate of drug-likeness (QED) is 0.686. The van der Waals surface area contributed by atoms with Gasteiger partial charge in [0.2, 0.25) is 11.8 Å². The molecule has 1 saturated heterocycles. The van der Waals surface area contributed by atoms with Crippen LogP contribution in [0.4, 0.5) is 5.69 Å². The Hall–Kier alpha value is -2.36. The molecule has 0 bridgehead atoms. The van der Waals surface area contributed by atoms with Gasteiger partial charge < -0.3 is 10.2 Å². The van der Waals surface area contributed by atoms with Crippen molar-refractivity contribution in [3.63, 3.8) is 0 Å². The van der Waals surface area contributed by atoms with E-state index in [4.69, 9.17) is 0 Å². The average molecular weight is 298 g/mol. The van der Waals surface area contributed by atoms with E-state index < -0.39 is 0 Å². The number of hydrogen-bond donors (Lipinski definition) is 1. The van der Waals surface area contributed by atoms with Gasteiger partial charge in [0.05, 0.1) is 5.92 Å². The van der Waals surface area contributed by atoms with E-state index in [2.05, 4.69) is 5.32 Å². The zero-order valence-electron chi connectivity index (χ0n) is 12.9. The molecule has 22 heavy (non-hydrogen) atoms. The number of carbonyl (C=O) groups excluding carboxylic acids is 2. The fraction of sp³-hybridized carbons (Fsp3) is 0.333. The van der Waals surface area contributed by atoms with Crippen molar-refractivity contribution in [3.05, 3.63) is 54.6 Å². The Morgan fingerprint density at radius 1 is 1.23 bits per heavy atom. The van der Waals surface area contributed by atoms with Gasteiger partial charge in [-0.15, -0.1) is 0 Å². The van der Waals surface area contributed by atoms with Crippen LogP contribution in [0, 0.1) is 5.92 Å². The summed E-state index contributed by atoms with van der Waals surface area (Å²) in [5.41, 5.74) is 0.795. The molecule has 0 radical (unpaired) electrons. The Morgan fingerprint density at radius 3 is 2.73 bits per heavy atom. The maximum absolute atomic E-state index is 12.3. The van der Waals surface area contributed by atoms with Gasteiger partial charge in [-0.25, -0.2) is 0 Å². The summed E-state index contributed by atoms with van der Waals surface area (Å²) >= 11 is 0. The second-order valence-corrected chi connectivity index (χ2v) is 5.36. The number of rotatable bonds is 4. The van der Waals surface area contributed by atoms with Gasteiger partial charge in [0, 0.05) is 24.9 Å². The highest BCUT2D eigenvalue weighted by Crippen LogP contribution is 2.19. The van der Waals surface area contributed by atoms with Crippen LogP contribution >= 0.6 is 0 Å². The molecule has 4 nitrogen and oxygen atoms in total. The fourth-order valence-electron chi connectivity index (χ4n) is 2.51. The number of carbonyl (C=O) groups is 2. The van der Waals surface area contributed by atoms with Crippen molar-refractivity contribution in [2.45, 2.75) is 19.8 Å². The maximum Gasteiger partial charge on any atom is 0.246 e. The Bertz CT molecular complexity index is 564. The first-order chi connectivity index (χ1) is 10.7. The number of nitrogens with one attached hydrogen (secondary N) is 1. The number of likely N-dealkylation sites (tertiary alicyclic amines) is 1. The van der Waals surface area contributed by atoms with Crippen molar-refractivity contribution < 1.29 is 9.59 Å². The van der Waals surface area contributed by atoms with Crippen molar-refractivity contribution >= 4 is 17.5 Å². The largest absolute Gasteiger partial charge is 0.338 e. The van der Waals surface area contributed by atoms with Crippen LogP contribution < -0.4 is 5.32 Å². The van der Waals surface area contributed by atoms with Crippen LogP contribution in [0.3, 0.4) is 0 Å². The third-order valence-electron chi connectivity index (χ3n) is 3.69. The second kappa shape index (κ2) is 8.17. The van der Waals surface area contributed by atoms with Gasteiger partial charge in [0.15, 0.2) is 0 Å². The molecule has 1 N–H and O–H groups in total. The number of amides is 2. The summed E-state index contributed by atoms with van der Waals surface area (Å²) < 4.78 is 0. The normalized spacial score (nSPS) is 18.8. The van der Waals surface area contributed by atoms with E-state index in [9.17, 15) is 9.59 Å². The molecule has 1 fully saturated rings. The molecule has 0 spiro atoms. The monoisotopic (exact) mass is 298 g/mol. The molecule has 1 aromatic rings. The third kappa shape index (κ3) is 4.58. The van der Waals surface area contributed by atoms with Crippen LogP contribution in [-0.2, 0) is 9.59 Å². The summed E-state index contributed by atoms with van der Waals surface area (Å²) in [5, 5.41) is 2.92. The van der Waals surface area contributed by atoms with Gasteiger partial charge >= 0.3 is 0 Å². The van der Waals surface area contributed by atoms with E-state index in [1.54, 1.807) is 17.1 Å². The molecule has 1 atom stereocenters. The Balaban J connectivity index is 1.92. The van der Waals surface area contributed by atoms with Crippen molar-refractivity contribution in [2.24, 2.45) is 5.92 Å². The number of para-hydroxylation sites is 1. The van der Waals surface area contributed by atoms with Gasteiger partial charge in [-0.3, -0.25) is 9.59 Å². The molecule has 116 valence electrons. The highest BCUT2D eigenvalue weighted by Gasteiger charge is 2.27. The van der Waals surface area contributed by atoms with Gasteiger partial charge in [-0.1, -0.05) is 36.4 Å². The number of anilines is 1. The van der Waals surface area contributed by atoms with Gasteiger partial charge in [0.1, 0.15) is 0 Å². The lowest BCUT2D eigenvalue weighted by atomic mass is 9.97. The van der Waals surface area contributed by atoms with Gasteiger partial charge in [0.25, 0.3) is 0 Å². The summed E-state index contributed by atoms with van der Waals surface area (Å²) in [6.45, 7) is 3.10. The van der Waals surface area contributed by atoms with E-state index in [-0.39, 0.29) is 17.7 Å². The van der Waals surface area contributed by atoms with E-state index in [1.807, 2.05) is 49.4 Å². The predicted molar refractivity (Wildman–Crippen MR) is 88.3 cm³/mol. The zero-order chi connectivity index (χ0) is 15.8. The average Bonchev–Trinajstić information content (AvgIpc) is 2.56. The first-order valence-corrected chi connectivity index (χ1v) is 7.65. The highest BCUT2D eigenvalue weighted by molar-refractivity contribution is 5.94. The number of nitrogens with zero attached hydrogens (tertiary/aromatic N) is 1.